The topological polar surface area (TPSA) is 80.5 Å². The third-order valence-corrected chi connectivity index (χ3v) is 2.97. The number of pyridine rings is 1. The molecular formula is C12H14N4O2. The predicted molar refractivity (Wildman–Crippen MR) is 65.4 cm³/mol. The van der Waals surface area contributed by atoms with E-state index in [0.29, 0.717) is 25.2 Å². The standard InChI is InChI=1S/C12H14N4O2/c13-8-10-2-3-11(14-9-10)15-4-1-5-16(7-6-15)12(17)18/h2-3,9H,1,4-7H2,(H,17,18). The Morgan fingerprint density at radius 1 is 1.33 bits per heavy atom. The van der Waals surface area contributed by atoms with Crippen molar-refractivity contribution in [3.05, 3.63) is 23.9 Å². The second-order valence-electron chi connectivity index (χ2n) is 4.13. The van der Waals surface area contributed by atoms with Crippen LogP contribution >= 0.6 is 0 Å². The van der Waals surface area contributed by atoms with Crippen molar-refractivity contribution in [1.29, 1.82) is 5.26 Å². The zero-order chi connectivity index (χ0) is 13.0. The molecule has 1 saturated heterocycles. The molecule has 2 rings (SSSR count). The Morgan fingerprint density at radius 2 is 2.17 bits per heavy atom. The molecule has 1 aliphatic heterocycles. The first-order chi connectivity index (χ1) is 8.70. The van der Waals surface area contributed by atoms with Crippen LogP contribution in [0.15, 0.2) is 18.3 Å². The lowest BCUT2D eigenvalue weighted by Crippen LogP contribution is -2.34. The van der Waals surface area contributed by atoms with Gasteiger partial charge in [-0.1, -0.05) is 0 Å². The lowest BCUT2D eigenvalue weighted by Gasteiger charge is -2.21. The molecule has 94 valence electrons. The first-order valence-electron chi connectivity index (χ1n) is 5.79. The van der Waals surface area contributed by atoms with E-state index in [1.807, 2.05) is 11.0 Å². The number of nitriles is 1. The first-order valence-corrected chi connectivity index (χ1v) is 5.79. The molecule has 0 aliphatic carbocycles. The Labute approximate surface area is 105 Å². The first kappa shape index (κ1) is 12.2. The highest BCUT2D eigenvalue weighted by molar-refractivity contribution is 5.65. The van der Waals surface area contributed by atoms with Gasteiger partial charge < -0.3 is 14.9 Å². The number of anilines is 1. The number of amides is 1. The van der Waals surface area contributed by atoms with Crippen LogP contribution in [0.3, 0.4) is 0 Å². The number of rotatable bonds is 1. The number of aromatic nitrogens is 1. The van der Waals surface area contributed by atoms with Crippen molar-refractivity contribution in [2.75, 3.05) is 31.1 Å². The van der Waals surface area contributed by atoms with Crippen LogP contribution in [0.25, 0.3) is 0 Å². The summed E-state index contributed by atoms with van der Waals surface area (Å²) in [7, 11) is 0. The second kappa shape index (κ2) is 5.36. The van der Waals surface area contributed by atoms with Crippen molar-refractivity contribution in [3.63, 3.8) is 0 Å². The highest BCUT2D eigenvalue weighted by Crippen LogP contribution is 2.14. The maximum Gasteiger partial charge on any atom is 0.407 e. The Bertz CT molecular complexity index is 466. The van der Waals surface area contributed by atoms with Crippen LogP contribution in [0, 0.1) is 11.3 Å². The Kier molecular flexibility index (Phi) is 3.63. The van der Waals surface area contributed by atoms with Gasteiger partial charge >= 0.3 is 6.09 Å². The van der Waals surface area contributed by atoms with Crippen LogP contribution in [0.5, 0.6) is 0 Å². The van der Waals surface area contributed by atoms with Gasteiger partial charge in [0, 0.05) is 32.4 Å². The van der Waals surface area contributed by atoms with E-state index in [9.17, 15) is 4.79 Å². The number of hydrogen-bond acceptors (Lipinski definition) is 4. The average Bonchev–Trinajstić information content (AvgIpc) is 2.64. The van der Waals surface area contributed by atoms with Gasteiger partial charge in [0.1, 0.15) is 11.9 Å². The maximum absolute atomic E-state index is 10.9. The van der Waals surface area contributed by atoms with E-state index in [2.05, 4.69) is 4.98 Å². The summed E-state index contributed by atoms with van der Waals surface area (Å²) in [6.07, 6.45) is 1.45. The molecule has 0 unspecified atom stereocenters. The lowest BCUT2D eigenvalue weighted by atomic mass is 10.3. The van der Waals surface area contributed by atoms with Crippen LogP contribution in [0.4, 0.5) is 10.6 Å². The smallest absolute Gasteiger partial charge is 0.407 e. The molecule has 0 saturated carbocycles. The van der Waals surface area contributed by atoms with Crippen molar-refractivity contribution < 1.29 is 9.90 Å². The summed E-state index contributed by atoms with van der Waals surface area (Å²) in [5.41, 5.74) is 0.528. The van der Waals surface area contributed by atoms with Crippen LogP contribution in [-0.4, -0.2) is 47.3 Å². The van der Waals surface area contributed by atoms with Gasteiger partial charge in [0.2, 0.25) is 0 Å². The van der Waals surface area contributed by atoms with E-state index in [1.165, 1.54) is 11.1 Å². The van der Waals surface area contributed by atoms with E-state index in [4.69, 9.17) is 10.4 Å². The molecule has 18 heavy (non-hydrogen) atoms. The molecule has 1 amide bonds. The van der Waals surface area contributed by atoms with Crippen molar-refractivity contribution >= 4 is 11.9 Å². The van der Waals surface area contributed by atoms with Crippen LogP contribution in [0.1, 0.15) is 12.0 Å². The van der Waals surface area contributed by atoms with Gasteiger partial charge in [-0.3, -0.25) is 0 Å². The summed E-state index contributed by atoms with van der Waals surface area (Å²) in [4.78, 5) is 18.6. The quantitative estimate of drug-likeness (QED) is 0.803. The van der Waals surface area contributed by atoms with E-state index < -0.39 is 6.09 Å². The van der Waals surface area contributed by atoms with Gasteiger partial charge in [0.25, 0.3) is 0 Å². The van der Waals surface area contributed by atoms with Crippen LogP contribution < -0.4 is 4.90 Å². The summed E-state index contributed by atoms with van der Waals surface area (Å²) >= 11 is 0. The third kappa shape index (κ3) is 2.69. The second-order valence-corrected chi connectivity index (χ2v) is 4.13. The molecule has 1 aliphatic rings. The highest BCUT2D eigenvalue weighted by Gasteiger charge is 2.18. The number of nitrogens with zero attached hydrogens (tertiary/aromatic N) is 4. The molecule has 0 radical (unpaired) electrons. The van der Waals surface area contributed by atoms with Crippen molar-refractivity contribution in [2.24, 2.45) is 0 Å². The fourth-order valence-corrected chi connectivity index (χ4v) is 1.98. The molecule has 0 spiro atoms. The molecule has 0 atom stereocenters. The Balaban J connectivity index is 2.05. The summed E-state index contributed by atoms with van der Waals surface area (Å²) in [6.45, 7) is 2.45. The molecule has 1 fully saturated rings. The summed E-state index contributed by atoms with van der Waals surface area (Å²) < 4.78 is 0. The monoisotopic (exact) mass is 246 g/mol. The zero-order valence-electron chi connectivity index (χ0n) is 9.91. The molecule has 1 aromatic heterocycles. The summed E-state index contributed by atoms with van der Waals surface area (Å²) in [5.74, 6) is 0.793. The van der Waals surface area contributed by atoms with Crippen LogP contribution in [0.2, 0.25) is 0 Å². The molecule has 6 nitrogen and oxygen atoms in total. The van der Waals surface area contributed by atoms with Gasteiger partial charge in [-0.15, -0.1) is 0 Å². The normalized spacial score (nSPS) is 15.9. The fourth-order valence-electron chi connectivity index (χ4n) is 1.98. The van der Waals surface area contributed by atoms with Crippen molar-refractivity contribution in [2.45, 2.75) is 6.42 Å². The van der Waals surface area contributed by atoms with Gasteiger partial charge in [-0.05, 0) is 18.6 Å². The van der Waals surface area contributed by atoms with Gasteiger partial charge in [-0.25, -0.2) is 9.78 Å². The van der Waals surface area contributed by atoms with E-state index in [-0.39, 0.29) is 0 Å². The summed E-state index contributed by atoms with van der Waals surface area (Å²) in [5, 5.41) is 17.6. The van der Waals surface area contributed by atoms with E-state index >= 15 is 0 Å². The minimum atomic E-state index is -0.871. The maximum atomic E-state index is 10.9. The van der Waals surface area contributed by atoms with Crippen LogP contribution in [-0.2, 0) is 0 Å². The van der Waals surface area contributed by atoms with E-state index in [0.717, 1.165) is 18.8 Å². The largest absolute Gasteiger partial charge is 0.465 e. The number of hydrogen-bond donors (Lipinski definition) is 1. The number of carbonyl (C=O) groups is 1. The van der Waals surface area contributed by atoms with Gasteiger partial charge in [-0.2, -0.15) is 5.26 Å². The molecule has 1 aromatic rings. The molecule has 0 aromatic carbocycles. The molecular weight excluding hydrogens is 232 g/mol. The minimum Gasteiger partial charge on any atom is -0.465 e. The van der Waals surface area contributed by atoms with Crippen molar-refractivity contribution in [1.82, 2.24) is 9.88 Å². The Hall–Kier alpha value is -2.29. The third-order valence-electron chi connectivity index (χ3n) is 2.97. The van der Waals surface area contributed by atoms with Crippen molar-refractivity contribution in [3.8, 4) is 6.07 Å². The van der Waals surface area contributed by atoms with E-state index in [1.54, 1.807) is 12.1 Å². The SMILES string of the molecule is N#Cc1ccc(N2CCCN(C(=O)O)CC2)nc1. The number of carboxylic acid groups (broad SMARTS) is 1. The molecule has 6 heteroatoms. The average molecular weight is 246 g/mol. The van der Waals surface area contributed by atoms with Gasteiger partial charge in [0.05, 0.1) is 5.56 Å². The molecule has 2 heterocycles. The summed E-state index contributed by atoms with van der Waals surface area (Å²) in [6, 6.07) is 5.55. The predicted octanol–water partition coefficient (Wildman–Crippen LogP) is 1.14. The molecule has 0 bridgehead atoms. The lowest BCUT2D eigenvalue weighted by molar-refractivity contribution is 0.148. The Morgan fingerprint density at radius 3 is 2.78 bits per heavy atom. The molecule has 1 N–H and O–H groups in total. The highest BCUT2D eigenvalue weighted by atomic mass is 16.4. The zero-order valence-corrected chi connectivity index (χ0v) is 9.91. The minimum absolute atomic E-state index is 0.483. The fraction of sp³-hybridized carbons (Fsp3) is 0.417. The van der Waals surface area contributed by atoms with Gasteiger partial charge in [0.15, 0.2) is 0 Å².